The van der Waals surface area contributed by atoms with Gasteiger partial charge in [0.05, 0.1) is 36.2 Å². The summed E-state index contributed by atoms with van der Waals surface area (Å²) in [6.45, 7) is 4.17. The van der Waals surface area contributed by atoms with Gasteiger partial charge in [-0.15, -0.1) is 0 Å². The molecule has 0 fully saturated rings. The molecular weight excluding hydrogens is 290 g/mol. The van der Waals surface area contributed by atoms with Gasteiger partial charge >= 0.3 is 0 Å². The van der Waals surface area contributed by atoms with Crippen molar-refractivity contribution in [2.24, 2.45) is 0 Å². The molecule has 2 heterocycles. The maximum absolute atomic E-state index is 5.52. The lowest BCUT2D eigenvalue weighted by Gasteiger charge is -2.06. The molecule has 0 aliphatic heterocycles. The van der Waals surface area contributed by atoms with E-state index in [4.69, 9.17) is 19.4 Å². The Bertz CT molecular complexity index is 1070. The average molecular weight is 307 g/mol. The van der Waals surface area contributed by atoms with Crippen LogP contribution in [0.5, 0.6) is 11.5 Å². The van der Waals surface area contributed by atoms with Gasteiger partial charge in [-0.05, 0) is 37.1 Å². The van der Waals surface area contributed by atoms with Gasteiger partial charge in [-0.25, -0.2) is 9.97 Å². The summed E-state index contributed by atoms with van der Waals surface area (Å²) >= 11 is 0. The third-order valence-electron chi connectivity index (χ3n) is 4.30. The Hall–Kier alpha value is -2.82. The van der Waals surface area contributed by atoms with E-state index in [9.17, 15) is 0 Å². The fraction of sp³-hybridized carbons (Fsp3) is 0.222. The molecule has 4 rings (SSSR count). The van der Waals surface area contributed by atoms with Crippen LogP contribution < -0.4 is 9.47 Å². The van der Waals surface area contributed by atoms with Gasteiger partial charge in [-0.2, -0.15) is 0 Å². The lowest BCUT2D eigenvalue weighted by Crippen LogP contribution is -1.90. The summed E-state index contributed by atoms with van der Waals surface area (Å²) in [5.41, 5.74) is 6.66. The number of hydrogen-bond donors (Lipinski definition) is 1. The zero-order valence-corrected chi connectivity index (χ0v) is 13.5. The van der Waals surface area contributed by atoms with E-state index in [0.717, 1.165) is 44.6 Å². The topological polar surface area (TPSA) is 60.0 Å². The number of nitrogens with zero attached hydrogens (tertiary/aromatic N) is 2. The van der Waals surface area contributed by atoms with Crippen molar-refractivity contribution in [1.82, 2.24) is 15.0 Å². The molecule has 0 atom stereocenters. The Balaban J connectivity index is 2.15. The van der Waals surface area contributed by atoms with Crippen LogP contribution in [0.1, 0.15) is 11.1 Å². The summed E-state index contributed by atoms with van der Waals surface area (Å²) in [5, 5.41) is 0.927. The van der Waals surface area contributed by atoms with E-state index in [0.29, 0.717) is 0 Å². The summed E-state index contributed by atoms with van der Waals surface area (Å²) < 4.78 is 10.9. The molecule has 0 saturated heterocycles. The Morgan fingerprint density at radius 2 is 1.57 bits per heavy atom. The first-order valence-corrected chi connectivity index (χ1v) is 7.43. The molecule has 4 aromatic rings. The van der Waals surface area contributed by atoms with Crippen molar-refractivity contribution in [1.29, 1.82) is 0 Å². The van der Waals surface area contributed by atoms with Crippen molar-refractivity contribution in [2.45, 2.75) is 13.8 Å². The number of rotatable bonds is 2. The molecule has 0 amide bonds. The average Bonchev–Trinajstić information content (AvgIpc) is 2.90. The highest BCUT2D eigenvalue weighted by atomic mass is 16.5. The second-order valence-corrected chi connectivity index (χ2v) is 5.72. The van der Waals surface area contributed by atoms with Gasteiger partial charge in [0, 0.05) is 12.1 Å². The molecule has 0 radical (unpaired) electrons. The minimum absolute atomic E-state index is 0.725. The molecule has 0 saturated carbocycles. The molecule has 5 heteroatoms. The first-order chi connectivity index (χ1) is 11.1. The molecule has 0 bridgehead atoms. The predicted molar refractivity (Wildman–Crippen MR) is 91.5 cm³/mol. The number of fused-ring (bicyclic) bond motifs is 4. The SMILES string of the molecule is COc1cc(OC)c2c(c1)[nH]c1nc3cc(C)c(C)cc3nc12. The zero-order valence-electron chi connectivity index (χ0n) is 13.5. The normalized spacial score (nSPS) is 11.5. The molecular formula is C18H17N3O2. The van der Waals surface area contributed by atoms with Gasteiger partial charge in [0.15, 0.2) is 5.65 Å². The Morgan fingerprint density at radius 3 is 2.22 bits per heavy atom. The van der Waals surface area contributed by atoms with Crippen LogP contribution in [0.2, 0.25) is 0 Å². The van der Waals surface area contributed by atoms with E-state index in [2.05, 4.69) is 31.0 Å². The van der Waals surface area contributed by atoms with E-state index in [-0.39, 0.29) is 0 Å². The van der Waals surface area contributed by atoms with Gasteiger partial charge in [0.25, 0.3) is 0 Å². The van der Waals surface area contributed by atoms with Crippen LogP contribution in [0.25, 0.3) is 33.1 Å². The van der Waals surface area contributed by atoms with Crippen LogP contribution in [0.3, 0.4) is 0 Å². The summed E-state index contributed by atoms with van der Waals surface area (Å²) in [7, 11) is 3.29. The summed E-state index contributed by atoms with van der Waals surface area (Å²) in [6, 6.07) is 7.94. The number of aromatic amines is 1. The standard InChI is InChI=1S/C18H17N3O2/c1-9-5-12-13(6-10(9)2)20-18-17(19-12)16-14(21-18)7-11(22-3)8-15(16)23-4/h5-8H,1-4H3,(H,20,21). The van der Waals surface area contributed by atoms with E-state index in [1.807, 2.05) is 12.1 Å². The number of ether oxygens (including phenoxy) is 2. The third-order valence-corrected chi connectivity index (χ3v) is 4.30. The lowest BCUT2D eigenvalue weighted by atomic mass is 10.1. The second-order valence-electron chi connectivity index (χ2n) is 5.72. The highest BCUT2D eigenvalue weighted by molar-refractivity contribution is 6.09. The van der Waals surface area contributed by atoms with Crippen molar-refractivity contribution in [2.75, 3.05) is 14.2 Å². The molecule has 0 aliphatic carbocycles. The quantitative estimate of drug-likeness (QED) is 0.610. The van der Waals surface area contributed by atoms with Crippen LogP contribution >= 0.6 is 0 Å². The van der Waals surface area contributed by atoms with Gasteiger partial charge in [-0.1, -0.05) is 0 Å². The number of aryl methyl sites for hydroxylation is 2. The zero-order chi connectivity index (χ0) is 16.1. The Morgan fingerprint density at radius 1 is 0.870 bits per heavy atom. The Kier molecular flexibility index (Phi) is 2.91. The molecule has 2 aromatic carbocycles. The van der Waals surface area contributed by atoms with E-state index < -0.39 is 0 Å². The van der Waals surface area contributed by atoms with Crippen LogP contribution in [-0.4, -0.2) is 29.2 Å². The number of methoxy groups -OCH3 is 2. The molecule has 0 aliphatic rings. The highest BCUT2D eigenvalue weighted by Gasteiger charge is 2.15. The fourth-order valence-electron chi connectivity index (χ4n) is 2.91. The molecule has 116 valence electrons. The lowest BCUT2D eigenvalue weighted by molar-refractivity contribution is 0.398. The number of nitrogens with one attached hydrogen (secondary N) is 1. The van der Waals surface area contributed by atoms with Crippen molar-refractivity contribution in [3.05, 3.63) is 35.4 Å². The first-order valence-electron chi connectivity index (χ1n) is 7.43. The molecule has 5 nitrogen and oxygen atoms in total. The highest BCUT2D eigenvalue weighted by Crippen LogP contribution is 2.36. The molecule has 0 spiro atoms. The first kappa shape index (κ1) is 13.8. The van der Waals surface area contributed by atoms with Crippen LogP contribution in [0, 0.1) is 13.8 Å². The van der Waals surface area contributed by atoms with Crippen molar-refractivity contribution >= 4 is 33.1 Å². The van der Waals surface area contributed by atoms with E-state index >= 15 is 0 Å². The number of benzene rings is 2. The van der Waals surface area contributed by atoms with Crippen molar-refractivity contribution < 1.29 is 9.47 Å². The molecule has 1 N–H and O–H groups in total. The van der Waals surface area contributed by atoms with Crippen LogP contribution in [0.15, 0.2) is 24.3 Å². The van der Waals surface area contributed by atoms with E-state index in [1.54, 1.807) is 14.2 Å². The number of hydrogen-bond acceptors (Lipinski definition) is 4. The summed E-state index contributed by atoms with van der Waals surface area (Å²) in [5.74, 6) is 1.46. The van der Waals surface area contributed by atoms with Crippen molar-refractivity contribution in [3.63, 3.8) is 0 Å². The smallest absolute Gasteiger partial charge is 0.158 e. The molecule has 23 heavy (non-hydrogen) atoms. The fourth-order valence-corrected chi connectivity index (χ4v) is 2.91. The van der Waals surface area contributed by atoms with Crippen molar-refractivity contribution in [3.8, 4) is 11.5 Å². The van der Waals surface area contributed by atoms with Gasteiger partial charge in [0.1, 0.15) is 17.0 Å². The molecule has 0 unspecified atom stereocenters. The maximum Gasteiger partial charge on any atom is 0.158 e. The Labute approximate surface area is 133 Å². The maximum atomic E-state index is 5.52. The van der Waals surface area contributed by atoms with Crippen LogP contribution in [0.4, 0.5) is 0 Å². The molecule has 2 aromatic heterocycles. The summed E-state index contributed by atoms with van der Waals surface area (Å²) in [6.07, 6.45) is 0. The minimum atomic E-state index is 0.725. The third kappa shape index (κ3) is 2.00. The van der Waals surface area contributed by atoms with Gasteiger partial charge in [0.2, 0.25) is 0 Å². The van der Waals surface area contributed by atoms with Gasteiger partial charge < -0.3 is 14.5 Å². The number of aromatic nitrogens is 3. The largest absolute Gasteiger partial charge is 0.497 e. The number of H-pyrrole nitrogens is 1. The monoisotopic (exact) mass is 307 g/mol. The van der Waals surface area contributed by atoms with E-state index in [1.165, 1.54) is 11.1 Å². The van der Waals surface area contributed by atoms with Gasteiger partial charge in [-0.3, -0.25) is 0 Å². The minimum Gasteiger partial charge on any atom is -0.497 e. The van der Waals surface area contributed by atoms with Crippen LogP contribution in [-0.2, 0) is 0 Å². The predicted octanol–water partition coefficient (Wildman–Crippen LogP) is 3.90. The second kappa shape index (κ2) is 4.84. The summed E-state index contributed by atoms with van der Waals surface area (Å²) in [4.78, 5) is 12.9.